The highest BCUT2D eigenvalue weighted by atomic mass is 79.9. The normalized spacial score (nSPS) is 12.9. The van der Waals surface area contributed by atoms with Crippen LogP contribution in [0.3, 0.4) is 0 Å². The van der Waals surface area contributed by atoms with Gasteiger partial charge in [0.15, 0.2) is 0 Å². The van der Waals surface area contributed by atoms with Crippen LogP contribution in [0.4, 0.5) is 0 Å². The third-order valence-electron chi connectivity index (χ3n) is 3.31. The Morgan fingerprint density at radius 3 is 2.36 bits per heavy atom. The van der Waals surface area contributed by atoms with Gasteiger partial charge in [-0.3, -0.25) is 0 Å². The van der Waals surface area contributed by atoms with Gasteiger partial charge in [0.2, 0.25) is 10.0 Å². The van der Waals surface area contributed by atoms with Gasteiger partial charge < -0.3 is 4.74 Å². The molecule has 0 fully saturated rings. The van der Waals surface area contributed by atoms with Crippen molar-refractivity contribution < 1.29 is 13.2 Å². The molecule has 2 aromatic carbocycles. The third kappa shape index (κ3) is 3.88. The third-order valence-corrected chi connectivity index (χ3v) is 5.40. The van der Waals surface area contributed by atoms with Gasteiger partial charge in [0, 0.05) is 10.5 Å². The van der Waals surface area contributed by atoms with E-state index < -0.39 is 10.0 Å². The standard InChI is InChI=1S/C16H18BrNO3S/c1-11-4-9-15(21-3)16(10-11)22(19,20)18-12(2)13-5-7-14(17)8-6-13/h4-10,12,18H,1-3H3/t12-/m0/s1. The SMILES string of the molecule is COc1ccc(C)cc1S(=O)(=O)N[C@@H](C)c1ccc(Br)cc1. The lowest BCUT2D eigenvalue weighted by atomic mass is 10.1. The highest BCUT2D eigenvalue weighted by Crippen LogP contribution is 2.26. The largest absolute Gasteiger partial charge is 0.495 e. The molecule has 1 atom stereocenters. The minimum atomic E-state index is -3.67. The van der Waals surface area contributed by atoms with Crippen molar-refractivity contribution in [3.63, 3.8) is 0 Å². The van der Waals surface area contributed by atoms with Gasteiger partial charge in [0.25, 0.3) is 0 Å². The number of methoxy groups -OCH3 is 1. The van der Waals surface area contributed by atoms with E-state index in [1.807, 2.05) is 44.2 Å². The zero-order valence-corrected chi connectivity index (χ0v) is 15.0. The van der Waals surface area contributed by atoms with Gasteiger partial charge in [-0.2, -0.15) is 0 Å². The topological polar surface area (TPSA) is 55.4 Å². The van der Waals surface area contributed by atoms with E-state index in [4.69, 9.17) is 4.74 Å². The fraction of sp³-hybridized carbons (Fsp3) is 0.250. The maximum atomic E-state index is 12.6. The first-order valence-electron chi connectivity index (χ1n) is 6.76. The molecule has 4 nitrogen and oxygen atoms in total. The van der Waals surface area contributed by atoms with Crippen LogP contribution in [0.1, 0.15) is 24.1 Å². The lowest BCUT2D eigenvalue weighted by Gasteiger charge is -2.16. The second-order valence-corrected chi connectivity index (χ2v) is 7.65. The number of hydrogen-bond acceptors (Lipinski definition) is 3. The number of nitrogens with one attached hydrogen (secondary N) is 1. The number of benzene rings is 2. The maximum absolute atomic E-state index is 12.6. The maximum Gasteiger partial charge on any atom is 0.244 e. The molecular weight excluding hydrogens is 366 g/mol. The minimum absolute atomic E-state index is 0.152. The van der Waals surface area contributed by atoms with Crippen LogP contribution in [0.2, 0.25) is 0 Å². The van der Waals surface area contributed by atoms with Crippen LogP contribution in [-0.2, 0) is 10.0 Å². The summed E-state index contributed by atoms with van der Waals surface area (Å²) >= 11 is 3.36. The quantitative estimate of drug-likeness (QED) is 0.853. The Morgan fingerprint density at radius 2 is 1.77 bits per heavy atom. The number of hydrogen-bond donors (Lipinski definition) is 1. The van der Waals surface area contributed by atoms with Gasteiger partial charge in [-0.05, 0) is 49.2 Å². The first-order valence-corrected chi connectivity index (χ1v) is 9.03. The van der Waals surface area contributed by atoms with E-state index in [9.17, 15) is 8.42 Å². The van der Waals surface area contributed by atoms with Crippen molar-refractivity contribution in [3.05, 3.63) is 58.1 Å². The van der Waals surface area contributed by atoms with E-state index in [0.29, 0.717) is 5.75 Å². The van der Waals surface area contributed by atoms with Crippen molar-refractivity contribution in [1.82, 2.24) is 4.72 Å². The van der Waals surface area contributed by atoms with Crippen LogP contribution >= 0.6 is 15.9 Å². The number of sulfonamides is 1. The molecule has 0 aliphatic rings. The highest BCUT2D eigenvalue weighted by Gasteiger charge is 2.22. The molecule has 0 aliphatic heterocycles. The average Bonchev–Trinajstić information content (AvgIpc) is 2.47. The molecule has 0 heterocycles. The molecule has 0 aromatic heterocycles. The second kappa shape index (κ2) is 6.81. The molecule has 1 N–H and O–H groups in total. The first kappa shape index (κ1) is 17.0. The molecule has 118 valence electrons. The number of halogens is 1. The van der Waals surface area contributed by atoms with E-state index >= 15 is 0 Å². The van der Waals surface area contributed by atoms with Gasteiger partial charge >= 0.3 is 0 Å². The van der Waals surface area contributed by atoms with Gasteiger partial charge in [-0.1, -0.05) is 34.1 Å². The molecule has 0 amide bonds. The summed E-state index contributed by atoms with van der Waals surface area (Å²) in [6.45, 7) is 3.65. The second-order valence-electron chi connectivity index (χ2n) is 5.05. The molecule has 0 bridgehead atoms. The summed E-state index contributed by atoms with van der Waals surface area (Å²) in [5.74, 6) is 0.334. The Morgan fingerprint density at radius 1 is 1.14 bits per heavy atom. The summed E-state index contributed by atoms with van der Waals surface area (Å²) < 4.78 is 34.0. The van der Waals surface area contributed by atoms with Crippen LogP contribution in [0, 0.1) is 6.92 Å². The van der Waals surface area contributed by atoms with E-state index in [1.165, 1.54) is 7.11 Å². The predicted molar refractivity (Wildman–Crippen MR) is 90.6 cm³/mol. The van der Waals surface area contributed by atoms with Gasteiger partial charge in [0.1, 0.15) is 10.6 Å². The van der Waals surface area contributed by atoms with Crippen molar-refractivity contribution in [2.24, 2.45) is 0 Å². The van der Waals surface area contributed by atoms with Crippen molar-refractivity contribution >= 4 is 26.0 Å². The van der Waals surface area contributed by atoms with Crippen molar-refractivity contribution in [2.45, 2.75) is 24.8 Å². The lowest BCUT2D eigenvalue weighted by Crippen LogP contribution is -2.27. The molecule has 0 radical (unpaired) electrons. The highest BCUT2D eigenvalue weighted by molar-refractivity contribution is 9.10. The molecule has 0 saturated heterocycles. The van der Waals surface area contributed by atoms with Crippen molar-refractivity contribution in [2.75, 3.05) is 7.11 Å². The van der Waals surface area contributed by atoms with Crippen LogP contribution < -0.4 is 9.46 Å². The Kier molecular flexibility index (Phi) is 5.26. The summed E-state index contributed by atoms with van der Waals surface area (Å²) in [4.78, 5) is 0.152. The fourth-order valence-corrected chi connectivity index (χ4v) is 3.86. The van der Waals surface area contributed by atoms with E-state index in [2.05, 4.69) is 20.7 Å². The molecule has 0 aliphatic carbocycles. The molecule has 2 aromatic rings. The molecule has 2 rings (SSSR count). The lowest BCUT2D eigenvalue weighted by molar-refractivity contribution is 0.402. The Hall–Kier alpha value is -1.37. The summed E-state index contributed by atoms with van der Waals surface area (Å²) in [6.07, 6.45) is 0. The fourth-order valence-electron chi connectivity index (χ4n) is 2.11. The monoisotopic (exact) mass is 383 g/mol. The summed E-state index contributed by atoms with van der Waals surface area (Å²) in [7, 11) is -2.21. The number of ether oxygens (including phenoxy) is 1. The summed E-state index contributed by atoms with van der Waals surface area (Å²) in [6, 6.07) is 12.3. The smallest absolute Gasteiger partial charge is 0.244 e. The van der Waals surface area contributed by atoms with Crippen LogP contribution in [0.5, 0.6) is 5.75 Å². The minimum Gasteiger partial charge on any atom is -0.495 e. The van der Waals surface area contributed by atoms with E-state index in [1.54, 1.807) is 12.1 Å². The Balaban J connectivity index is 2.31. The van der Waals surface area contributed by atoms with Crippen molar-refractivity contribution in [1.29, 1.82) is 0 Å². The molecular formula is C16H18BrNO3S. The predicted octanol–water partition coefficient (Wildman–Crippen LogP) is 3.81. The van der Waals surface area contributed by atoms with Gasteiger partial charge in [-0.25, -0.2) is 13.1 Å². The van der Waals surface area contributed by atoms with Gasteiger partial charge in [0.05, 0.1) is 7.11 Å². The molecule has 0 spiro atoms. The molecule has 0 saturated carbocycles. The zero-order chi connectivity index (χ0) is 16.3. The Bertz CT molecular complexity index is 757. The van der Waals surface area contributed by atoms with Gasteiger partial charge in [-0.15, -0.1) is 0 Å². The number of rotatable bonds is 5. The van der Waals surface area contributed by atoms with Crippen LogP contribution in [0.15, 0.2) is 51.8 Å². The molecule has 22 heavy (non-hydrogen) atoms. The van der Waals surface area contributed by atoms with E-state index in [0.717, 1.165) is 15.6 Å². The Labute approximate surface area is 139 Å². The molecule has 6 heteroatoms. The first-order chi connectivity index (χ1) is 10.3. The summed E-state index contributed by atoms with van der Waals surface area (Å²) in [5, 5.41) is 0. The van der Waals surface area contributed by atoms with E-state index in [-0.39, 0.29) is 10.9 Å². The summed E-state index contributed by atoms with van der Waals surface area (Å²) in [5.41, 5.74) is 1.75. The molecule has 0 unspecified atom stereocenters. The van der Waals surface area contributed by atoms with Crippen LogP contribution in [0.25, 0.3) is 0 Å². The zero-order valence-electron chi connectivity index (χ0n) is 12.6. The average molecular weight is 384 g/mol. The van der Waals surface area contributed by atoms with Crippen LogP contribution in [-0.4, -0.2) is 15.5 Å². The van der Waals surface area contributed by atoms with Crippen molar-refractivity contribution in [3.8, 4) is 5.75 Å². The number of aryl methyl sites for hydroxylation is 1.